The Balaban J connectivity index is 1.55. The highest BCUT2D eigenvalue weighted by Gasteiger charge is 2.54. The summed E-state index contributed by atoms with van der Waals surface area (Å²) in [6.07, 6.45) is 3.01. The Hall–Kier alpha value is -2.58. The third kappa shape index (κ3) is 5.50. The summed E-state index contributed by atoms with van der Waals surface area (Å²) in [7, 11) is 1.59. The minimum Gasteiger partial charge on any atom is -0.487 e. The number of guanidine groups is 1. The Morgan fingerprint density at radius 1 is 1.38 bits per heavy atom. The zero-order chi connectivity index (χ0) is 27.1. The van der Waals surface area contributed by atoms with E-state index in [-0.39, 0.29) is 48.7 Å². The number of aliphatic imine (C=N–C) groups is 1. The zero-order valence-electron chi connectivity index (χ0n) is 22.5. The van der Waals surface area contributed by atoms with Gasteiger partial charge in [-0.3, -0.25) is 14.5 Å². The quantitative estimate of drug-likeness (QED) is 0.461. The van der Waals surface area contributed by atoms with Crippen LogP contribution in [0.1, 0.15) is 71.4 Å². The molecule has 2 aliphatic heterocycles. The molecule has 8 nitrogen and oxygen atoms in total. The minimum atomic E-state index is -0.475. The number of benzene rings is 1. The van der Waals surface area contributed by atoms with Crippen molar-refractivity contribution in [2.24, 2.45) is 22.6 Å². The van der Waals surface area contributed by atoms with Gasteiger partial charge < -0.3 is 20.5 Å². The van der Waals surface area contributed by atoms with E-state index in [1.807, 2.05) is 39.8 Å². The van der Waals surface area contributed by atoms with E-state index in [0.717, 1.165) is 18.4 Å². The van der Waals surface area contributed by atoms with Crippen LogP contribution in [0.15, 0.2) is 35.3 Å². The third-order valence-electron chi connectivity index (χ3n) is 8.02. The summed E-state index contributed by atoms with van der Waals surface area (Å²) in [5.41, 5.74) is 7.10. The van der Waals surface area contributed by atoms with Crippen LogP contribution < -0.4 is 15.8 Å². The first-order valence-electron chi connectivity index (χ1n) is 13.1. The zero-order valence-corrected chi connectivity index (χ0v) is 23.2. The van der Waals surface area contributed by atoms with Crippen molar-refractivity contribution in [1.82, 2.24) is 10.2 Å². The van der Waals surface area contributed by atoms with Crippen LogP contribution in [0.25, 0.3) is 0 Å². The van der Waals surface area contributed by atoms with Crippen molar-refractivity contribution in [3.63, 3.8) is 0 Å². The molecule has 9 heteroatoms. The molecule has 3 N–H and O–H groups in total. The summed E-state index contributed by atoms with van der Waals surface area (Å²) in [6, 6.07) is 4.85. The molecular weight excluding hydrogens is 492 g/mol. The molecule has 1 aromatic carbocycles. The molecule has 1 unspecified atom stereocenters. The van der Waals surface area contributed by atoms with E-state index >= 15 is 0 Å². The highest BCUT2D eigenvalue weighted by Crippen LogP contribution is 2.48. The van der Waals surface area contributed by atoms with Gasteiger partial charge in [0.2, 0.25) is 11.8 Å². The van der Waals surface area contributed by atoms with Gasteiger partial charge in [-0.15, -0.1) is 0 Å². The molecule has 0 radical (unpaired) electrons. The lowest BCUT2D eigenvalue weighted by Gasteiger charge is -2.41. The molecular formula is C28H39ClN4O4. The van der Waals surface area contributed by atoms with E-state index in [9.17, 15) is 9.59 Å². The second-order valence-corrected chi connectivity index (χ2v) is 11.6. The average molecular weight is 531 g/mol. The molecule has 4 atom stereocenters. The van der Waals surface area contributed by atoms with Crippen LogP contribution in [-0.2, 0) is 14.3 Å². The molecule has 37 heavy (non-hydrogen) atoms. The second-order valence-electron chi connectivity index (χ2n) is 11.2. The van der Waals surface area contributed by atoms with Gasteiger partial charge in [-0.25, -0.2) is 4.99 Å². The van der Waals surface area contributed by atoms with Crippen molar-refractivity contribution in [1.29, 1.82) is 0 Å². The number of ether oxygens (including phenoxy) is 2. The molecule has 1 saturated carbocycles. The predicted molar refractivity (Wildman–Crippen MR) is 144 cm³/mol. The molecule has 4 rings (SSSR count). The lowest BCUT2D eigenvalue weighted by molar-refractivity contribution is -0.132. The summed E-state index contributed by atoms with van der Waals surface area (Å²) >= 11 is 6.19. The van der Waals surface area contributed by atoms with Gasteiger partial charge in [0.25, 0.3) is 0 Å². The Morgan fingerprint density at radius 2 is 2.08 bits per heavy atom. The largest absolute Gasteiger partial charge is 0.487 e. The lowest BCUT2D eigenvalue weighted by Crippen LogP contribution is -2.57. The van der Waals surface area contributed by atoms with Crippen LogP contribution in [0.3, 0.4) is 0 Å². The molecule has 2 amide bonds. The first-order chi connectivity index (χ1) is 17.4. The molecule has 1 aromatic rings. The van der Waals surface area contributed by atoms with Crippen molar-refractivity contribution >= 4 is 29.4 Å². The number of rotatable bonds is 9. The van der Waals surface area contributed by atoms with Crippen molar-refractivity contribution in [3.05, 3.63) is 40.9 Å². The fourth-order valence-electron chi connectivity index (χ4n) is 5.83. The van der Waals surface area contributed by atoms with E-state index in [0.29, 0.717) is 29.2 Å². The van der Waals surface area contributed by atoms with Crippen molar-refractivity contribution < 1.29 is 19.1 Å². The van der Waals surface area contributed by atoms with Crippen LogP contribution in [0.5, 0.6) is 5.75 Å². The maximum atomic E-state index is 13.5. The number of carbonyl (C=O) groups is 2. The van der Waals surface area contributed by atoms with Gasteiger partial charge in [0.15, 0.2) is 5.96 Å². The van der Waals surface area contributed by atoms with Gasteiger partial charge >= 0.3 is 0 Å². The Kier molecular flexibility index (Phi) is 7.64. The number of halogens is 1. The number of hydrogen-bond donors (Lipinski definition) is 2. The number of nitrogens with zero attached hydrogens (tertiary/aromatic N) is 2. The second kappa shape index (κ2) is 10.3. The summed E-state index contributed by atoms with van der Waals surface area (Å²) < 4.78 is 11.5. The van der Waals surface area contributed by atoms with Gasteiger partial charge in [-0.05, 0) is 56.7 Å². The Bertz CT molecular complexity index is 1110. The number of fused-ring (bicyclic) bond motifs is 1. The Morgan fingerprint density at radius 3 is 2.70 bits per heavy atom. The maximum absolute atomic E-state index is 13.5. The average Bonchev–Trinajstić information content (AvgIpc) is 3.60. The van der Waals surface area contributed by atoms with E-state index in [4.69, 9.17) is 31.8 Å². The number of nitrogens with one attached hydrogen (secondary N) is 1. The maximum Gasteiger partial charge on any atom is 0.232 e. The molecule has 2 heterocycles. The smallest absolute Gasteiger partial charge is 0.232 e. The lowest BCUT2D eigenvalue weighted by atomic mass is 9.87. The molecule has 202 valence electrons. The van der Waals surface area contributed by atoms with Crippen LogP contribution in [0.2, 0.25) is 5.02 Å². The van der Waals surface area contributed by atoms with Gasteiger partial charge in [0.05, 0.1) is 30.7 Å². The number of hydrogen-bond acceptors (Lipinski definition) is 6. The number of carbonyl (C=O) groups excluding carboxylic acids is 2. The topological polar surface area (TPSA) is 106 Å². The van der Waals surface area contributed by atoms with Crippen molar-refractivity contribution in [3.8, 4) is 5.75 Å². The summed E-state index contributed by atoms with van der Waals surface area (Å²) in [5, 5.41) is 3.82. The molecule has 1 fully saturated rings. The molecule has 3 aliphatic rings. The van der Waals surface area contributed by atoms with Crippen molar-refractivity contribution in [2.75, 3.05) is 13.7 Å². The van der Waals surface area contributed by atoms with Crippen LogP contribution in [0.4, 0.5) is 0 Å². The monoisotopic (exact) mass is 530 g/mol. The summed E-state index contributed by atoms with van der Waals surface area (Å²) in [6.45, 7) is 12.5. The first kappa shape index (κ1) is 27.5. The van der Waals surface area contributed by atoms with Gasteiger partial charge in [-0.1, -0.05) is 38.1 Å². The van der Waals surface area contributed by atoms with Crippen LogP contribution in [0, 0.1) is 11.8 Å². The van der Waals surface area contributed by atoms with Gasteiger partial charge in [0, 0.05) is 30.0 Å². The van der Waals surface area contributed by atoms with Crippen molar-refractivity contribution in [2.45, 2.75) is 83.0 Å². The van der Waals surface area contributed by atoms with Crippen LogP contribution >= 0.6 is 11.6 Å². The third-order valence-corrected chi connectivity index (χ3v) is 8.26. The number of nitrogens with two attached hydrogens (primary N) is 1. The van der Waals surface area contributed by atoms with Crippen LogP contribution in [-0.4, -0.2) is 53.6 Å². The number of methoxy groups -OCH3 is 1. The van der Waals surface area contributed by atoms with E-state index in [2.05, 4.69) is 11.9 Å². The minimum absolute atomic E-state index is 0.0553. The predicted octanol–water partition coefficient (Wildman–Crippen LogP) is 4.37. The summed E-state index contributed by atoms with van der Waals surface area (Å²) in [5.74, 6) is 0.358. The van der Waals surface area contributed by atoms with E-state index in [1.54, 1.807) is 18.1 Å². The first-order valence-corrected chi connectivity index (χ1v) is 13.4. The highest BCUT2D eigenvalue weighted by molar-refractivity contribution is 6.30. The van der Waals surface area contributed by atoms with E-state index < -0.39 is 17.2 Å². The SMILES string of the molecule is C=C(COC)[C@H]([C@@H]1C[C@H]1C(=O)NC1CC(C)(C)Oc2cc(Cl)ccc21)N1C(=O)CC(CC)(CC)N=C1N. The molecule has 1 aliphatic carbocycles. The van der Waals surface area contributed by atoms with Gasteiger partial charge in [-0.2, -0.15) is 0 Å². The normalized spacial score (nSPS) is 26.4. The highest BCUT2D eigenvalue weighted by atomic mass is 35.5. The van der Waals surface area contributed by atoms with Gasteiger partial charge in [0.1, 0.15) is 11.4 Å². The molecule has 0 bridgehead atoms. The molecule has 0 saturated heterocycles. The standard InChI is InChI=1S/C28H39ClN4O4/c1-7-28(8-2)14-23(34)33(26(30)32-28)24(16(3)15-36-6)19-12-20(19)25(35)31-21-13-27(4,5)37-22-11-17(29)9-10-18(21)22/h9-11,19-21,24H,3,7-8,12-15H2,1-2,4-6H3,(H2,30,32)(H,31,35)/t19-,20-,21?,24-/m1/s1. The molecule has 0 aromatic heterocycles. The Labute approximate surface area is 224 Å². The molecule has 0 spiro atoms. The number of amides is 2. The fraction of sp³-hybridized carbons (Fsp3) is 0.607. The fourth-order valence-corrected chi connectivity index (χ4v) is 5.99. The summed E-state index contributed by atoms with van der Waals surface area (Å²) in [4.78, 5) is 33.2. The van der Waals surface area contributed by atoms with E-state index in [1.165, 1.54) is 0 Å².